The Bertz CT molecular complexity index is 606. The van der Waals surface area contributed by atoms with Gasteiger partial charge >= 0.3 is 114 Å². The molecule has 0 saturated carbocycles. The van der Waals surface area contributed by atoms with Gasteiger partial charge in [-0.3, -0.25) is 0 Å². The Morgan fingerprint density at radius 3 is 2.74 bits per heavy atom. The van der Waals surface area contributed by atoms with Gasteiger partial charge in [-0.1, -0.05) is 0 Å². The van der Waals surface area contributed by atoms with Crippen molar-refractivity contribution in [3.05, 3.63) is 12.7 Å². The molecule has 102 valence electrons. The van der Waals surface area contributed by atoms with Crippen molar-refractivity contribution in [1.82, 2.24) is 19.5 Å². The van der Waals surface area contributed by atoms with Crippen LogP contribution in [-0.4, -0.2) is 68.6 Å². The molecule has 2 unspecified atom stereocenters. The molecular formula is C10H13N5O3Se. The van der Waals surface area contributed by atoms with E-state index < -0.39 is 12.2 Å². The first kappa shape index (κ1) is 12.8. The molecule has 9 heteroatoms. The number of aromatic nitrogens is 4. The SMILES string of the molecule is Nc1ncnc2c1ncn2[C@@H]1[Se][C@H](CO)C(O)C1O. The zero-order valence-electron chi connectivity index (χ0n) is 9.79. The predicted molar refractivity (Wildman–Crippen MR) is 67.4 cm³/mol. The van der Waals surface area contributed by atoms with Crippen LogP contribution in [0.1, 0.15) is 4.94 Å². The molecule has 8 nitrogen and oxygen atoms in total. The monoisotopic (exact) mass is 331 g/mol. The van der Waals surface area contributed by atoms with E-state index in [2.05, 4.69) is 15.0 Å². The van der Waals surface area contributed by atoms with Crippen LogP contribution in [0.4, 0.5) is 5.82 Å². The normalized spacial score (nSPS) is 31.1. The predicted octanol–water partition coefficient (Wildman–Crippen LogP) is -1.87. The molecule has 0 amide bonds. The Balaban J connectivity index is 2.04. The Hall–Kier alpha value is -1.25. The minimum absolute atomic E-state index is 0.140. The van der Waals surface area contributed by atoms with Gasteiger partial charge in [0, 0.05) is 0 Å². The molecule has 0 aliphatic carbocycles. The van der Waals surface area contributed by atoms with Crippen molar-refractivity contribution in [2.24, 2.45) is 0 Å². The number of aliphatic hydroxyl groups is 3. The van der Waals surface area contributed by atoms with Crippen molar-refractivity contribution in [1.29, 1.82) is 0 Å². The molecule has 0 spiro atoms. The molecule has 2 aromatic heterocycles. The Kier molecular flexibility index (Phi) is 3.15. The molecule has 2 aromatic rings. The molecule has 1 aliphatic heterocycles. The third kappa shape index (κ3) is 1.90. The van der Waals surface area contributed by atoms with Gasteiger partial charge in [-0.15, -0.1) is 0 Å². The number of nitrogens with two attached hydrogens (primary N) is 1. The molecule has 1 fully saturated rings. The van der Waals surface area contributed by atoms with Gasteiger partial charge in [-0.05, 0) is 0 Å². The molecule has 1 aliphatic rings. The van der Waals surface area contributed by atoms with Crippen molar-refractivity contribution in [2.45, 2.75) is 22.0 Å². The second kappa shape index (κ2) is 4.69. The summed E-state index contributed by atoms with van der Waals surface area (Å²) in [6.07, 6.45) is 1.01. The molecule has 0 bridgehead atoms. The first-order valence-electron chi connectivity index (χ1n) is 5.69. The molecule has 0 radical (unpaired) electrons. The summed E-state index contributed by atoms with van der Waals surface area (Å²) < 4.78 is 1.71. The molecule has 3 rings (SSSR count). The molecule has 19 heavy (non-hydrogen) atoms. The fourth-order valence-electron chi connectivity index (χ4n) is 2.17. The van der Waals surface area contributed by atoms with Crippen LogP contribution in [0.5, 0.6) is 0 Å². The van der Waals surface area contributed by atoms with Crippen LogP contribution in [0.2, 0.25) is 4.82 Å². The van der Waals surface area contributed by atoms with E-state index in [9.17, 15) is 15.3 Å². The van der Waals surface area contributed by atoms with Crippen LogP contribution in [0.3, 0.4) is 0 Å². The van der Waals surface area contributed by atoms with Crippen LogP contribution in [0, 0.1) is 0 Å². The number of rotatable bonds is 2. The number of nitrogen functional groups attached to an aromatic ring is 1. The van der Waals surface area contributed by atoms with Crippen LogP contribution in [-0.2, 0) is 0 Å². The van der Waals surface area contributed by atoms with Crippen LogP contribution < -0.4 is 5.73 Å². The van der Waals surface area contributed by atoms with Crippen LogP contribution in [0.15, 0.2) is 12.7 Å². The van der Waals surface area contributed by atoms with Crippen molar-refractivity contribution < 1.29 is 15.3 Å². The van der Waals surface area contributed by atoms with Crippen LogP contribution in [0.25, 0.3) is 11.2 Å². The Labute approximate surface area is 114 Å². The number of aliphatic hydroxyl groups excluding tert-OH is 3. The number of anilines is 1. The third-order valence-corrected chi connectivity index (χ3v) is 6.46. The summed E-state index contributed by atoms with van der Waals surface area (Å²) in [6.45, 7) is -0.140. The van der Waals surface area contributed by atoms with Gasteiger partial charge in [0.2, 0.25) is 0 Å². The molecule has 3 heterocycles. The quantitative estimate of drug-likeness (QED) is 0.475. The average molecular weight is 330 g/mol. The van der Waals surface area contributed by atoms with Gasteiger partial charge in [0.05, 0.1) is 0 Å². The summed E-state index contributed by atoms with van der Waals surface area (Å²) >= 11 is -0.166. The van der Waals surface area contributed by atoms with Gasteiger partial charge in [-0.2, -0.15) is 0 Å². The van der Waals surface area contributed by atoms with Crippen molar-refractivity contribution in [3.63, 3.8) is 0 Å². The molecule has 1 saturated heterocycles. The summed E-state index contributed by atoms with van der Waals surface area (Å²) in [5.41, 5.74) is 6.72. The number of fused-ring (bicyclic) bond motifs is 1. The number of hydrogen-bond donors (Lipinski definition) is 4. The summed E-state index contributed by atoms with van der Waals surface area (Å²) in [7, 11) is 0. The van der Waals surface area contributed by atoms with Gasteiger partial charge in [-0.25, -0.2) is 0 Å². The standard InChI is InChI=1S/C10H13N5O3Se/c11-8-5-9(13-2-12-8)15(3-14-5)10-7(18)6(17)4(1-16)19-10/h2-4,6-7,10,16-18H,1H2,(H2,11,12,13)/t4-,6?,7?,10-/m1/s1. The van der Waals surface area contributed by atoms with Gasteiger partial charge in [0.1, 0.15) is 0 Å². The fourth-order valence-corrected chi connectivity index (χ4v) is 5.05. The first-order chi connectivity index (χ1) is 9.13. The first-order valence-corrected chi connectivity index (χ1v) is 7.66. The molecule has 0 aromatic carbocycles. The summed E-state index contributed by atoms with van der Waals surface area (Å²) in [4.78, 5) is 11.5. The second-order valence-corrected chi connectivity index (χ2v) is 7.17. The van der Waals surface area contributed by atoms with E-state index in [0.29, 0.717) is 11.2 Å². The van der Waals surface area contributed by atoms with E-state index in [-0.39, 0.29) is 37.1 Å². The number of hydrogen-bond acceptors (Lipinski definition) is 7. The minimum atomic E-state index is -0.939. The molecule has 5 N–H and O–H groups in total. The Morgan fingerprint density at radius 1 is 1.26 bits per heavy atom. The van der Waals surface area contributed by atoms with E-state index in [4.69, 9.17) is 5.73 Å². The maximum atomic E-state index is 10.1. The van der Waals surface area contributed by atoms with Gasteiger partial charge < -0.3 is 0 Å². The van der Waals surface area contributed by atoms with Crippen molar-refractivity contribution >= 4 is 31.9 Å². The maximum absolute atomic E-state index is 10.1. The van der Waals surface area contributed by atoms with E-state index in [1.807, 2.05) is 0 Å². The topological polar surface area (TPSA) is 130 Å². The van der Waals surface area contributed by atoms with E-state index in [1.54, 1.807) is 4.57 Å². The zero-order chi connectivity index (χ0) is 13.6. The Morgan fingerprint density at radius 2 is 2.05 bits per heavy atom. The van der Waals surface area contributed by atoms with Crippen molar-refractivity contribution in [2.75, 3.05) is 12.3 Å². The van der Waals surface area contributed by atoms with E-state index in [1.165, 1.54) is 12.7 Å². The van der Waals surface area contributed by atoms with E-state index in [0.717, 1.165) is 0 Å². The summed E-state index contributed by atoms with van der Waals surface area (Å²) in [5.74, 6) is 0.281. The van der Waals surface area contributed by atoms with Crippen LogP contribution >= 0.6 is 0 Å². The summed E-state index contributed by atoms with van der Waals surface area (Å²) in [5, 5.41) is 29.2. The number of nitrogens with zero attached hydrogens (tertiary/aromatic N) is 4. The molecule has 4 atom stereocenters. The zero-order valence-corrected chi connectivity index (χ0v) is 11.5. The summed E-state index contributed by atoms with van der Waals surface area (Å²) in [6, 6.07) is 0. The average Bonchev–Trinajstić information content (AvgIpc) is 2.94. The fraction of sp³-hybridized carbons (Fsp3) is 0.500. The number of imidazole rings is 1. The third-order valence-electron chi connectivity index (χ3n) is 3.18. The van der Waals surface area contributed by atoms with Crippen molar-refractivity contribution in [3.8, 4) is 0 Å². The van der Waals surface area contributed by atoms with Gasteiger partial charge in [0.25, 0.3) is 0 Å². The van der Waals surface area contributed by atoms with E-state index >= 15 is 0 Å². The van der Waals surface area contributed by atoms with Gasteiger partial charge in [0.15, 0.2) is 0 Å². The molecular weight excluding hydrogens is 317 g/mol. The second-order valence-electron chi connectivity index (χ2n) is 4.31.